The van der Waals surface area contributed by atoms with Crippen LogP contribution >= 0.6 is 0 Å². The number of urea groups is 1. The van der Waals surface area contributed by atoms with E-state index in [1.807, 2.05) is 0 Å². The van der Waals surface area contributed by atoms with E-state index in [9.17, 15) is 14.4 Å². The van der Waals surface area contributed by atoms with E-state index in [-0.39, 0.29) is 36.3 Å². The molecule has 0 aromatic rings. The Morgan fingerprint density at radius 2 is 2.00 bits per heavy atom. The molecule has 0 aromatic heterocycles. The Bertz CT molecular complexity index is 402. The second-order valence-corrected chi connectivity index (χ2v) is 6.00. The second kappa shape index (κ2) is 6.89. The zero-order valence-corrected chi connectivity index (χ0v) is 12.3. The van der Waals surface area contributed by atoms with Gasteiger partial charge in [0.15, 0.2) is 0 Å². The van der Waals surface area contributed by atoms with Gasteiger partial charge in [-0.1, -0.05) is 19.3 Å². The van der Waals surface area contributed by atoms with Gasteiger partial charge in [-0.3, -0.25) is 14.5 Å². The predicted octanol–water partition coefficient (Wildman–Crippen LogP) is -0.0463. The van der Waals surface area contributed by atoms with E-state index < -0.39 is 0 Å². The van der Waals surface area contributed by atoms with Crippen LogP contribution in [0.2, 0.25) is 0 Å². The van der Waals surface area contributed by atoms with E-state index in [4.69, 9.17) is 5.73 Å². The predicted molar refractivity (Wildman–Crippen MR) is 77.3 cm³/mol. The molecule has 1 heterocycles. The van der Waals surface area contributed by atoms with Crippen LogP contribution in [0.15, 0.2) is 0 Å². The van der Waals surface area contributed by atoms with Gasteiger partial charge in [0.25, 0.3) is 0 Å². The summed E-state index contributed by atoms with van der Waals surface area (Å²) in [4.78, 5) is 35.9. The topological polar surface area (TPSA) is 105 Å². The van der Waals surface area contributed by atoms with Gasteiger partial charge in [-0.15, -0.1) is 0 Å². The first-order valence-corrected chi connectivity index (χ1v) is 7.61. The van der Waals surface area contributed by atoms with Gasteiger partial charge in [-0.05, 0) is 24.8 Å². The molecule has 1 saturated heterocycles. The fourth-order valence-electron chi connectivity index (χ4n) is 3.15. The summed E-state index contributed by atoms with van der Waals surface area (Å²) in [5.74, 6) is -0.297. The van der Waals surface area contributed by atoms with E-state index in [1.54, 1.807) is 0 Å². The fourth-order valence-corrected chi connectivity index (χ4v) is 3.15. The third kappa shape index (κ3) is 3.93. The van der Waals surface area contributed by atoms with Crippen LogP contribution in [0.3, 0.4) is 0 Å². The summed E-state index contributed by atoms with van der Waals surface area (Å²) >= 11 is 0. The van der Waals surface area contributed by atoms with Crippen LogP contribution < -0.4 is 16.4 Å². The van der Waals surface area contributed by atoms with Gasteiger partial charge >= 0.3 is 6.03 Å². The van der Waals surface area contributed by atoms with Gasteiger partial charge in [0.05, 0.1) is 6.54 Å². The Morgan fingerprint density at radius 3 is 2.57 bits per heavy atom. The van der Waals surface area contributed by atoms with E-state index in [0.717, 1.165) is 30.6 Å². The van der Waals surface area contributed by atoms with Crippen LogP contribution in [0.4, 0.5) is 4.79 Å². The molecule has 0 aromatic carbocycles. The number of hydrogen-bond donors (Lipinski definition) is 3. The van der Waals surface area contributed by atoms with Crippen molar-refractivity contribution in [3.05, 3.63) is 0 Å². The Kier molecular flexibility index (Phi) is 5.17. The first kappa shape index (κ1) is 15.8. The highest BCUT2D eigenvalue weighted by molar-refractivity contribution is 6.01. The molecule has 7 nitrogen and oxygen atoms in total. The van der Waals surface area contributed by atoms with Crippen molar-refractivity contribution in [1.82, 2.24) is 15.5 Å². The quantitative estimate of drug-likeness (QED) is 0.598. The van der Waals surface area contributed by atoms with E-state index in [2.05, 4.69) is 10.6 Å². The zero-order valence-electron chi connectivity index (χ0n) is 12.3. The van der Waals surface area contributed by atoms with Crippen LogP contribution in [0.5, 0.6) is 0 Å². The zero-order chi connectivity index (χ0) is 15.3. The third-order valence-corrected chi connectivity index (χ3v) is 4.48. The maximum Gasteiger partial charge on any atom is 0.324 e. The van der Waals surface area contributed by atoms with Crippen molar-refractivity contribution in [2.75, 3.05) is 26.2 Å². The van der Waals surface area contributed by atoms with Gasteiger partial charge in [-0.2, -0.15) is 0 Å². The molecule has 7 heteroatoms. The largest absolute Gasteiger partial charge is 0.354 e. The Hall–Kier alpha value is -1.63. The molecule has 0 atom stereocenters. The lowest BCUT2D eigenvalue weighted by Gasteiger charge is -2.35. The number of nitrogens with two attached hydrogens (primary N) is 1. The molecule has 0 bridgehead atoms. The number of imide groups is 1. The van der Waals surface area contributed by atoms with E-state index in [1.165, 1.54) is 6.42 Å². The summed E-state index contributed by atoms with van der Waals surface area (Å²) in [6.07, 6.45) is 5.92. The number of amides is 4. The molecule has 118 valence electrons. The van der Waals surface area contributed by atoms with Crippen LogP contribution in [0.25, 0.3) is 0 Å². The van der Waals surface area contributed by atoms with Gasteiger partial charge in [-0.25, -0.2) is 4.79 Å². The standard InChI is InChI=1S/C14H24N4O3/c15-10-14(4-2-1-3-5-14)8-11(19)16-6-7-18-12(20)9-17-13(18)21/h1-10,15H2,(H,16,19)(H,17,21). The summed E-state index contributed by atoms with van der Waals surface area (Å²) in [6.45, 7) is 1.08. The highest BCUT2D eigenvalue weighted by Crippen LogP contribution is 2.38. The third-order valence-electron chi connectivity index (χ3n) is 4.48. The lowest BCUT2D eigenvalue weighted by molar-refractivity contribution is -0.126. The normalized spacial score (nSPS) is 21.3. The summed E-state index contributed by atoms with van der Waals surface area (Å²) in [5.41, 5.74) is 5.80. The first-order valence-electron chi connectivity index (χ1n) is 7.61. The van der Waals surface area contributed by atoms with Crippen molar-refractivity contribution >= 4 is 17.8 Å². The summed E-state index contributed by atoms with van der Waals surface area (Å²) in [5, 5.41) is 5.24. The van der Waals surface area contributed by atoms with Crippen LogP contribution in [0, 0.1) is 5.41 Å². The van der Waals surface area contributed by atoms with Gasteiger partial charge < -0.3 is 16.4 Å². The van der Waals surface area contributed by atoms with Crippen molar-refractivity contribution in [1.29, 1.82) is 0 Å². The lowest BCUT2D eigenvalue weighted by atomic mass is 9.71. The summed E-state index contributed by atoms with van der Waals surface area (Å²) < 4.78 is 0. The van der Waals surface area contributed by atoms with Gasteiger partial charge in [0.2, 0.25) is 11.8 Å². The number of hydrogen-bond acceptors (Lipinski definition) is 4. The Morgan fingerprint density at radius 1 is 1.29 bits per heavy atom. The average Bonchev–Trinajstić information content (AvgIpc) is 2.80. The maximum absolute atomic E-state index is 12.0. The maximum atomic E-state index is 12.0. The molecule has 2 fully saturated rings. The molecular formula is C14H24N4O3. The summed E-state index contributed by atoms with van der Waals surface area (Å²) in [7, 11) is 0. The number of nitrogens with zero attached hydrogens (tertiary/aromatic N) is 1. The van der Waals surface area contributed by atoms with Crippen LogP contribution in [-0.4, -0.2) is 48.9 Å². The van der Waals surface area contributed by atoms with Crippen molar-refractivity contribution < 1.29 is 14.4 Å². The van der Waals surface area contributed by atoms with E-state index >= 15 is 0 Å². The molecule has 4 N–H and O–H groups in total. The summed E-state index contributed by atoms with van der Waals surface area (Å²) in [6, 6.07) is -0.389. The molecular weight excluding hydrogens is 272 g/mol. The monoisotopic (exact) mass is 296 g/mol. The SMILES string of the molecule is NCC1(CC(=O)NCCN2C(=O)CNC2=O)CCCCC1. The molecule has 1 saturated carbocycles. The average molecular weight is 296 g/mol. The Labute approximate surface area is 124 Å². The number of nitrogens with one attached hydrogen (secondary N) is 2. The minimum Gasteiger partial charge on any atom is -0.354 e. The van der Waals surface area contributed by atoms with E-state index in [0.29, 0.717) is 19.5 Å². The van der Waals surface area contributed by atoms with Gasteiger partial charge in [0.1, 0.15) is 0 Å². The van der Waals surface area contributed by atoms with Crippen molar-refractivity contribution in [2.24, 2.45) is 11.1 Å². The number of carbonyl (C=O) groups is 3. The first-order chi connectivity index (χ1) is 10.1. The minimum atomic E-state index is -0.389. The fraction of sp³-hybridized carbons (Fsp3) is 0.786. The van der Waals surface area contributed by atoms with Crippen LogP contribution in [-0.2, 0) is 9.59 Å². The number of rotatable bonds is 6. The minimum absolute atomic E-state index is 0.0447. The second-order valence-electron chi connectivity index (χ2n) is 6.00. The molecule has 0 unspecified atom stereocenters. The van der Waals surface area contributed by atoms with Crippen LogP contribution in [0.1, 0.15) is 38.5 Å². The smallest absolute Gasteiger partial charge is 0.324 e. The molecule has 0 spiro atoms. The van der Waals surface area contributed by atoms with Crippen molar-refractivity contribution in [2.45, 2.75) is 38.5 Å². The van der Waals surface area contributed by atoms with Gasteiger partial charge in [0, 0.05) is 19.5 Å². The molecule has 1 aliphatic heterocycles. The molecule has 2 rings (SSSR count). The Balaban J connectivity index is 1.74. The molecule has 0 radical (unpaired) electrons. The van der Waals surface area contributed by atoms with Crippen molar-refractivity contribution in [3.8, 4) is 0 Å². The highest BCUT2D eigenvalue weighted by Gasteiger charge is 2.33. The molecule has 21 heavy (non-hydrogen) atoms. The molecule has 1 aliphatic carbocycles. The molecule has 4 amide bonds. The van der Waals surface area contributed by atoms with Crippen molar-refractivity contribution in [3.63, 3.8) is 0 Å². The highest BCUT2D eigenvalue weighted by atomic mass is 16.2. The molecule has 2 aliphatic rings. The lowest BCUT2D eigenvalue weighted by Crippen LogP contribution is -2.42. The number of carbonyl (C=O) groups excluding carboxylic acids is 3.